The summed E-state index contributed by atoms with van der Waals surface area (Å²) in [5, 5.41) is 0.900. The van der Waals surface area contributed by atoms with E-state index in [0.29, 0.717) is 27.1 Å². The Morgan fingerprint density at radius 2 is 1.81 bits per heavy atom. The van der Waals surface area contributed by atoms with Crippen molar-refractivity contribution in [3.63, 3.8) is 0 Å². The first kappa shape index (κ1) is 21.5. The van der Waals surface area contributed by atoms with Crippen LogP contribution in [0.25, 0.3) is 0 Å². The molecule has 4 rings (SSSR count). The molecule has 5 nitrogen and oxygen atoms in total. The van der Waals surface area contributed by atoms with E-state index >= 15 is 0 Å². The van der Waals surface area contributed by atoms with Crippen LogP contribution in [0.1, 0.15) is 29.6 Å². The third-order valence-corrected chi connectivity index (χ3v) is 5.92. The maximum atomic E-state index is 13.5. The van der Waals surface area contributed by atoms with E-state index in [4.69, 9.17) is 27.9 Å². The van der Waals surface area contributed by atoms with Crippen LogP contribution in [0.5, 0.6) is 11.5 Å². The third kappa shape index (κ3) is 4.78. The third-order valence-electron chi connectivity index (χ3n) is 5.37. The number of benzene rings is 2. The summed E-state index contributed by atoms with van der Waals surface area (Å²) in [6, 6.07) is 14.6. The highest BCUT2D eigenvalue weighted by Gasteiger charge is 2.23. The first-order chi connectivity index (χ1) is 15.0. The average molecular weight is 456 g/mol. The monoisotopic (exact) mass is 455 g/mol. The van der Waals surface area contributed by atoms with Crippen LogP contribution in [0.4, 0.5) is 11.4 Å². The van der Waals surface area contributed by atoms with E-state index in [-0.39, 0.29) is 5.91 Å². The van der Waals surface area contributed by atoms with Crippen molar-refractivity contribution in [1.29, 1.82) is 0 Å². The van der Waals surface area contributed by atoms with Crippen molar-refractivity contribution in [2.75, 3.05) is 29.9 Å². The topological polar surface area (TPSA) is 45.7 Å². The lowest BCUT2D eigenvalue weighted by Crippen LogP contribution is -2.33. The molecule has 31 heavy (non-hydrogen) atoms. The van der Waals surface area contributed by atoms with Crippen LogP contribution in [0, 0.1) is 0 Å². The van der Waals surface area contributed by atoms with E-state index in [2.05, 4.69) is 16.0 Å². The van der Waals surface area contributed by atoms with Gasteiger partial charge in [-0.1, -0.05) is 35.3 Å². The van der Waals surface area contributed by atoms with E-state index in [1.165, 1.54) is 12.6 Å². The summed E-state index contributed by atoms with van der Waals surface area (Å²) in [6.45, 7) is 1.99. The molecule has 0 atom stereocenters. The zero-order chi connectivity index (χ0) is 21.8. The fourth-order valence-corrected chi connectivity index (χ4v) is 4.06. The highest BCUT2D eigenvalue weighted by Crippen LogP contribution is 2.35. The Hall–Kier alpha value is -2.76. The largest absolute Gasteiger partial charge is 0.455 e. The van der Waals surface area contributed by atoms with Crippen molar-refractivity contribution in [2.45, 2.75) is 19.3 Å². The molecule has 1 amide bonds. The van der Waals surface area contributed by atoms with Crippen LogP contribution >= 0.6 is 23.2 Å². The van der Waals surface area contributed by atoms with Gasteiger partial charge in [0.2, 0.25) is 0 Å². The van der Waals surface area contributed by atoms with Crippen LogP contribution in [-0.4, -0.2) is 31.0 Å². The molecule has 1 aromatic heterocycles. The Bertz CT molecular complexity index is 1080. The van der Waals surface area contributed by atoms with Crippen molar-refractivity contribution in [3.05, 3.63) is 76.5 Å². The Kier molecular flexibility index (Phi) is 6.64. The standard InChI is InChI=1S/C24H23Cl2N3O2/c1-28(20-7-3-4-8-21(20)29-13-5-2-6-14-29)24(30)18-16-27-12-11-22(18)31-23-15-17(25)9-10-19(23)26/h3-4,7-12,15-16H,2,5-6,13-14H2,1H3. The molecule has 0 unspecified atom stereocenters. The molecule has 1 saturated heterocycles. The maximum absolute atomic E-state index is 13.5. The molecule has 0 bridgehead atoms. The van der Waals surface area contributed by atoms with Crippen LogP contribution in [0.2, 0.25) is 10.0 Å². The number of para-hydroxylation sites is 2. The average Bonchev–Trinajstić information content (AvgIpc) is 2.81. The molecule has 160 valence electrons. The highest BCUT2D eigenvalue weighted by molar-refractivity contribution is 6.34. The van der Waals surface area contributed by atoms with Crippen LogP contribution in [0.3, 0.4) is 0 Å². The lowest BCUT2D eigenvalue weighted by atomic mass is 10.1. The number of ether oxygens (including phenoxy) is 1. The summed E-state index contributed by atoms with van der Waals surface area (Å²) >= 11 is 12.3. The van der Waals surface area contributed by atoms with Crippen molar-refractivity contribution in [3.8, 4) is 11.5 Å². The molecule has 7 heteroatoms. The van der Waals surface area contributed by atoms with Gasteiger partial charge in [-0.25, -0.2) is 0 Å². The van der Waals surface area contributed by atoms with E-state index in [1.807, 2.05) is 18.2 Å². The van der Waals surface area contributed by atoms with Gasteiger partial charge in [-0.2, -0.15) is 0 Å². The molecule has 1 aliphatic heterocycles. The molecule has 2 aromatic carbocycles. The van der Waals surface area contributed by atoms with Gasteiger partial charge in [-0.15, -0.1) is 0 Å². The molecule has 3 aromatic rings. The fraction of sp³-hybridized carbons (Fsp3) is 0.250. The van der Waals surface area contributed by atoms with Gasteiger partial charge in [0.15, 0.2) is 0 Å². The maximum Gasteiger partial charge on any atom is 0.263 e. The smallest absolute Gasteiger partial charge is 0.263 e. The Balaban J connectivity index is 1.64. The molecular weight excluding hydrogens is 433 g/mol. The number of carbonyl (C=O) groups excluding carboxylic acids is 1. The summed E-state index contributed by atoms with van der Waals surface area (Å²) in [7, 11) is 1.77. The van der Waals surface area contributed by atoms with Crippen molar-refractivity contribution >= 4 is 40.5 Å². The van der Waals surface area contributed by atoms with E-state index < -0.39 is 0 Å². The summed E-state index contributed by atoms with van der Waals surface area (Å²) in [5.41, 5.74) is 2.25. The van der Waals surface area contributed by atoms with E-state index in [0.717, 1.165) is 37.3 Å². The van der Waals surface area contributed by atoms with Gasteiger partial charge in [0.05, 0.1) is 16.4 Å². The molecule has 2 heterocycles. The van der Waals surface area contributed by atoms with Crippen LogP contribution < -0.4 is 14.5 Å². The first-order valence-electron chi connectivity index (χ1n) is 10.2. The number of hydrogen-bond donors (Lipinski definition) is 0. The number of amides is 1. The molecule has 0 saturated carbocycles. The predicted molar refractivity (Wildman–Crippen MR) is 126 cm³/mol. The minimum atomic E-state index is -0.217. The van der Waals surface area contributed by atoms with Gasteiger partial charge in [-0.05, 0) is 49.6 Å². The number of rotatable bonds is 5. The number of piperidine rings is 1. The van der Waals surface area contributed by atoms with Gasteiger partial charge < -0.3 is 14.5 Å². The SMILES string of the molecule is CN(C(=O)c1cnccc1Oc1cc(Cl)ccc1Cl)c1ccccc1N1CCCCC1. The molecule has 0 spiro atoms. The number of anilines is 2. The molecular formula is C24H23Cl2N3O2. The number of halogens is 2. The second-order valence-electron chi connectivity index (χ2n) is 7.45. The van der Waals surface area contributed by atoms with Gasteiger partial charge >= 0.3 is 0 Å². The number of nitrogens with zero attached hydrogens (tertiary/aromatic N) is 3. The first-order valence-corrected chi connectivity index (χ1v) is 11.0. The molecule has 0 aliphatic carbocycles. The highest BCUT2D eigenvalue weighted by atomic mass is 35.5. The predicted octanol–water partition coefficient (Wildman–Crippen LogP) is 6.45. The zero-order valence-electron chi connectivity index (χ0n) is 17.2. The summed E-state index contributed by atoms with van der Waals surface area (Å²) in [6.07, 6.45) is 6.65. The number of hydrogen-bond acceptors (Lipinski definition) is 4. The van der Waals surface area contributed by atoms with Gasteiger partial charge in [-0.3, -0.25) is 9.78 Å². The van der Waals surface area contributed by atoms with Gasteiger partial charge in [0, 0.05) is 43.6 Å². The summed E-state index contributed by atoms with van der Waals surface area (Å²) < 4.78 is 5.96. The van der Waals surface area contributed by atoms with Crippen LogP contribution in [-0.2, 0) is 0 Å². The number of carbonyl (C=O) groups is 1. The summed E-state index contributed by atoms with van der Waals surface area (Å²) in [4.78, 5) is 21.6. The van der Waals surface area contributed by atoms with Crippen molar-refractivity contribution < 1.29 is 9.53 Å². The molecule has 0 radical (unpaired) electrons. The van der Waals surface area contributed by atoms with E-state index in [9.17, 15) is 4.79 Å². The van der Waals surface area contributed by atoms with E-state index in [1.54, 1.807) is 42.4 Å². The second-order valence-corrected chi connectivity index (χ2v) is 8.29. The van der Waals surface area contributed by atoms with Crippen molar-refractivity contribution in [2.24, 2.45) is 0 Å². The number of aromatic nitrogens is 1. The zero-order valence-corrected chi connectivity index (χ0v) is 18.7. The quantitative estimate of drug-likeness (QED) is 0.443. The van der Waals surface area contributed by atoms with Gasteiger partial charge in [0.1, 0.15) is 17.1 Å². The minimum Gasteiger partial charge on any atom is -0.455 e. The fourth-order valence-electron chi connectivity index (χ4n) is 3.75. The Morgan fingerprint density at radius 1 is 1.03 bits per heavy atom. The lowest BCUT2D eigenvalue weighted by Gasteiger charge is -2.32. The molecule has 1 aliphatic rings. The summed E-state index contributed by atoms with van der Waals surface area (Å²) in [5.74, 6) is 0.531. The normalized spacial score (nSPS) is 13.7. The van der Waals surface area contributed by atoms with Crippen molar-refractivity contribution in [1.82, 2.24) is 4.98 Å². The number of pyridine rings is 1. The lowest BCUT2D eigenvalue weighted by molar-refractivity contribution is 0.0990. The molecule has 1 fully saturated rings. The minimum absolute atomic E-state index is 0.217. The molecule has 0 N–H and O–H groups in total. The van der Waals surface area contributed by atoms with Gasteiger partial charge in [0.25, 0.3) is 5.91 Å². The second kappa shape index (κ2) is 9.58. The Morgan fingerprint density at radius 3 is 2.61 bits per heavy atom. The Labute approximate surface area is 192 Å². The van der Waals surface area contributed by atoms with Crippen LogP contribution in [0.15, 0.2) is 60.9 Å².